The second-order valence-corrected chi connectivity index (χ2v) is 9.44. The van der Waals surface area contributed by atoms with E-state index in [0.29, 0.717) is 5.65 Å². The van der Waals surface area contributed by atoms with Crippen LogP contribution in [-0.4, -0.2) is 55.5 Å². The van der Waals surface area contributed by atoms with Gasteiger partial charge in [-0.1, -0.05) is 12.1 Å². The molecule has 0 amide bonds. The topological polar surface area (TPSA) is 78.1 Å². The fourth-order valence-corrected chi connectivity index (χ4v) is 4.82. The van der Waals surface area contributed by atoms with Gasteiger partial charge >= 0.3 is 5.69 Å². The summed E-state index contributed by atoms with van der Waals surface area (Å²) in [5.74, 6) is 0. The summed E-state index contributed by atoms with van der Waals surface area (Å²) in [5.41, 5.74) is 5.05. The Balaban J connectivity index is 1.42. The average molecular weight is 461 g/mol. The molecule has 1 aliphatic heterocycles. The van der Waals surface area contributed by atoms with Gasteiger partial charge in [0.15, 0.2) is 5.65 Å². The molecule has 0 radical (unpaired) electrons. The number of aryl methyl sites for hydroxylation is 1. The van der Waals surface area contributed by atoms with Crippen LogP contribution in [0.3, 0.4) is 0 Å². The predicted molar refractivity (Wildman–Crippen MR) is 134 cm³/mol. The van der Waals surface area contributed by atoms with Gasteiger partial charge in [-0.05, 0) is 70.5 Å². The van der Waals surface area contributed by atoms with Gasteiger partial charge in [-0.2, -0.15) is 0 Å². The zero-order valence-electron chi connectivity index (χ0n) is 20.4. The normalized spacial score (nSPS) is 15.7. The highest BCUT2D eigenvalue weighted by Gasteiger charge is 2.18. The van der Waals surface area contributed by atoms with Gasteiger partial charge in [0, 0.05) is 36.8 Å². The summed E-state index contributed by atoms with van der Waals surface area (Å²) in [7, 11) is 1.74. The zero-order chi connectivity index (χ0) is 23.8. The molecule has 0 aliphatic carbocycles. The van der Waals surface area contributed by atoms with Crippen molar-refractivity contribution in [1.82, 2.24) is 29.2 Å². The Morgan fingerprint density at radius 2 is 1.79 bits per heavy atom. The number of hydrogen-bond acceptors (Lipinski definition) is 6. The lowest BCUT2D eigenvalue weighted by molar-refractivity contribution is 0.0492. The number of aromatic nitrogens is 5. The molecule has 0 unspecified atom stereocenters. The molecule has 34 heavy (non-hydrogen) atoms. The fourth-order valence-electron chi connectivity index (χ4n) is 4.82. The number of likely N-dealkylation sites (tertiary alicyclic amines) is 1. The van der Waals surface area contributed by atoms with Gasteiger partial charge in [-0.15, -0.1) is 10.2 Å². The van der Waals surface area contributed by atoms with Crippen molar-refractivity contribution in [2.24, 2.45) is 7.05 Å². The summed E-state index contributed by atoms with van der Waals surface area (Å²) in [5, 5.41) is 9.59. The van der Waals surface area contributed by atoms with Crippen LogP contribution in [-0.2, 0) is 11.8 Å². The summed E-state index contributed by atoms with van der Waals surface area (Å²) in [6.07, 6.45) is 4.44. The molecule has 8 heteroatoms. The highest BCUT2D eigenvalue weighted by Crippen LogP contribution is 2.29. The third kappa shape index (κ3) is 4.12. The van der Waals surface area contributed by atoms with Crippen LogP contribution in [0.1, 0.15) is 51.5 Å². The van der Waals surface area contributed by atoms with Crippen LogP contribution in [0.2, 0.25) is 0 Å². The van der Waals surface area contributed by atoms with E-state index in [4.69, 9.17) is 4.74 Å². The smallest absolute Gasteiger partial charge is 0.330 e. The molecule has 0 N–H and O–H groups in total. The van der Waals surface area contributed by atoms with E-state index in [1.807, 2.05) is 38.2 Å². The van der Waals surface area contributed by atoms with Gasteiger partial charge < -0.3 is 9.64 Å². The predicted octanol–water partition coefficient (Wildman–Crippen LogP) is 4.10. The van der Waals surface area contributed by atoms with Crippen molar-refractivity contribution in [3.63, 3.8) is 0 Å². The molecule has 1 aromatic carbocycles. The fraction of sp³-hybridized carbons (Fsp3) is 0.462. The molecule has 5 rings (SSSR count). The lowest BCUT2D eigenvalue weighted by Gasteiger charge is -2.17. The molecule has 0 saturated carbocycles. The Labute approximate surface area is 199 Å². The maximum absolute atomic E-state index is 12.8. The van der Waals surface area contributed by atoms with Crippen LogP contribution >= 0.6 is 0 Å². The summed E-state index contributed by atoms with van der Waals surface area (Å²) in [6.45, 7) is 10.1. The molecule has 3 aromatic heterocycles. The van der Waals surface area contributed by atoms with Crippen LogP contribution in [0, 0.1) is 0 Å². The minimum absolute atomic E-state index is 0.0140. The summed E-state index contributed by atoms with van der Waals surface area (Å²) < 4.78 is 9.39. The van der Waals surface area contributed by atoms with Gasteiger partial charge in [0.1, 0.15) is 5.52 Å². The number of nitrogens with zero attached hydrogens (tertiary/aromatic N) is 6. The molecule has 8 nitrogen and oxygen atoms in total. The van der Waals surface area contributed by atoms with E-state index >= 15 is 0 Å². The van der Waals surface area contributed by atoms with E-state index in [9.17, 15) is 4.79 Å². The lowest BCUT2D eigenvalue weighted by Crippen LogP contribution is -2.24. The van der Waals surface area contributed by atoms with E-state index in [1.165, 1.54) is 25.9 Å². The van der Waals surface area contributed by atoms with Gasteiger partial charge in [0.25, 0.3) is 0 Å². The minimum atomic E-state index is -0.0815. The Hall–Kier alpha value is -3.10. The van der Waals surface area contributed by atoms with E-state index in [1.54, 1.807) is 16.2 Å². The second-order valence-electron chi connectivity index (χ2n) is 9.44. The molecule has 1 fully saturated rings. The van der Waals surface area contributed by atoms with E-state index in [-0.39, 0.29) is 17.8 Å². The maximum atomic E-state index is 12.8. The SMILES string of the molecule is CC(C)n1c(=O)n(C)c2nnc3ccc(-c4ccc([C@@H](C)OCCN5CCCC5)nc4)cc3c21. The van der Waals surface area contributed by atoms with Crippen molar-refractivity contribution in [2.45, 2.75) is 45.8 Å². The number of fused-ring (bicyclic) bond motifs is 3. The van der Waals surface area contributed by atoms with Crippen LogP contribution in [0.5, 0.6) is 0 Å². The molecule has 1 atom stereocenters. The summed E-state index contributed by atoms with van der Waals surface area (Å²) in [6, 6.07) is 10.2. The highest BCUT2D eigenvalue weighted by molar-refractivity contribution is 6.02. The standard InChI is InChI=1S/C26H32N6O2/c1-17(2)32-24-21-15-19(7-10-23(21)28-29-25(24)30(4)26(32)33)20-8-9-22(27-16-20)18(3)34-14-13-31-11-5-6-12-31/h7-10,15-18H,5-6,11-14H2,1-4H3/t18-/m1/s1. The number of hydrogen-bond donors (Lipinski definition) is 0. The number of pyridine rings is 1. The Kier molecular flexibility index (Phi) is 6.18. The van der Waals surface area contributed by atoms with Crippen molar-refractivity contribution in [3.05, 3.63) is 52.7 Å². The van der Waals surface area contributed by atoms with Gasteiger partial charge in [0.05, 0.1) is 23.9 Å². The first-order valence-electron chi connectivity index (χ1n) is 12.1. The highest BCUT2D eigenvalue weighted by atomic mass is 16.5. The molecule has 4 heterocycles. The third-order valence-electron chi connectivity index (χ3n) is 6.79. The maximum Gasteiger partial charge on any atom is 0.330 e. The number of imidazole rings is 1. The molecule has 1 aliphatic rings. The van der Waals surface area contributed by atoms with Gasteiger partial charge in [0.2, 0.25) is 0 Å². The van der Waals surface area contributed by atoms with Crippen molar-refractivity contribution in [3.8, 4) is 11.1 Å². The van der Waals surface area contributed by atoms with Crippen molar-refractivity contribution < 1.29 is 4.74 Å². The van der Waals surface area contributed by atoms with E-state index in [2.05, 4.69) is 39.1 Å². The monoisotopic (exact) mass is 460 g/mol. The van der Waals surface area contributed by atoms with Crippen LogP contribution in [0.25, 0.3) is 33.2 Å². The van der Waals surface area contributed by atoms with Crippen LogP contribution in [0.15, 0.2) is 41.3 Å². The second kappa shape index (κ2) is 9.27. The van der Waals surface area contributed by atoms with Crippen molar-refractivity contribution >= 4 is 22.1 Å². The van der Waals surface area contributed by atoms with E-state index < -0.39 is 0 Å². The molecule has 4 aromatic rings. The third-order valence-corrected chi connectivity index (χ3v) is 6.79. The van der Waals surface area contributed by atoms with Crippen LogP contribution in [0.4, 0.5) is 0 Å². The number of ether oxygens (including phenoxy) is 1. The minimum Gasteiger partial charge on any atom is -0.371 e. The summed E-state index contributed by atoms with van der Waals surface area (Å²) in [4.78, 5) is 20.0. The Bertz CT molecular complexity index is 1370. The van der Waals surface area contributed by atoms with Gasteiger partial charge in [-0.3, -0.25) is 14.1 Å². The molecule has 1 saturated heterocycles. The first-order chi connectivity index (χ1) is 16.4. The van der Waals surface area contributed by atoms with Gasteiger partial charge in [-0.25, -0.2) is 4.79 Å². The lowest BCUT2D eigenvalue weighted by atomic mass is 10.0. The van der Waals surface area contributed by atoms with Crippen molar-refractivity contribution in [1.29, 1.82) is 0 Å². The quantitative estimate of drug-likeness (QED) is 0.413. The summed E-state index contributed by atoms with van der Waals surface area (Å²) >= 11 is 0. The van der Waals surface area contributed by atoms with Crippen molar-refractivity contribution in [2.75, 3.05) is 26.2 Å². The Morgan fingerprint density at radius 1 is 1.03 bits per heavy atom. The number of benzene rings is 1. The molecule has 178 valence electrons. The first-order valence-corrected chi connectivity index (χ1v) is 12.1. The van der Waals surface area contributed by atoms with Crippen LogP contribution < -0.4 is 5.69 Å². The molecule has 0 spiro atoms. The first kappa shape index (κ1) is 22.7. The molecular weight excluding hydrogens is 428 g/mol. The average Bonchev–Trinajstić information content (AvgIpc) is 3.45. The molecule has 0 bridgehead atoms. The zero-order valence-corrected chi connectivity index (χ0v) is 20.4. The molecular formula is C26H32N6O2. The Morgan fingerprint density at radius 3 is 2.50 bits per heavy atom. The number of rotatable bonds is 7. The largest absolute Gasteiger partial charge is 0.371 e. The van der Waals surface area contributed by atoms with E-state index in [0.717, 1.165) is 46.4 Å².